The topological polar surface area (TPSA) is 35.2 Å². The second-order valence-corrected chi connectivity index (χ2v) is 4.77. The van der Waals surface area contributed by atoms with Gasteiger partial charge in [-0.25, -0.2) is 4.39 Å². The first-order valence-electron chi connectivity index (χ1n) is 5.33. The number of hydrogen-bond acceptors (Lipinski definition) is 2. The molecule has 2 rings (SSSR count). The smallest absolute Gasteiger partial charge is 0.130 e. The van der Waals surface area contributed by atoms with Crippen LogP contribution < -0.4 is 5.73 Å². The Morgan fingerprint density at radius 1 is 1.50 bits per heavy atom. The van der Waals surface area contributed by atoms with E-state index in [2.05, 4.69) is 0 Å². The van der Waals surface area contributed by atoms with E-state index in [1.807, 2.05) is 0 Å². The van der Waals surface area contributed by atoms with Gasteiger partial charge in [0.2, 0.25) is 0 Å². The Morgan fingerprint density at radius 3 is 2.62 bits per heavy atom. The molecule has 1 fully saturated rings. The second kappa shape index (κ2) is 4.32. The summed E-state index contributed by atoms with van der Waals surface area (Å²) < 4.78 is 18.7. The standard InChI is InChI=1S/C12H15ClFNO/c1-16-7-9-10(13)5-8(6-11(9)14)12(15)3-2-4-12/h5-6H,2-4,7,15H2,1H3. The third kappa shape index (κ3) is 1.95. The van der Waals surface area contributed by atoms with Crippen LogP contribution >= 0.6 is 11.6 Å². The lowest BCUT2D eigenvalue weighted by Gasteiger charge is -2.38. The van der Waals surface area contributed by atoms with Gasteiger partial charge < -0.3 is 10.5 Å². The molecule has 0 spiro atoms. The first kappa shape index (κ1) is 11.8. The molecule has 1 aromatic carbocycles. The third-order valence-electron chi connectivity index (χ3n) is 3.25. The summed E-state index contributed by atoms with van der Waals surface area (Å²) in [5.41, 5.74) is 6.94. The van der Waals surface area contributed by atoms with Gasteiger partial charge in [-0.1, -0.05) is 11.6 Å². The molecule has 0 bridgehead atoms. The van der Waals surface area contributed by atoms with E-state index in [1.54, 1.807) is 6.07 Å². The SMILES string of the molecule is COCc1c(F)cc(C2(N)CCC2)cc1Cl. The molecule has 0 radical (unpaired) electrons. The van der Waals surface area contributed by atoms with Crippen molar-refractivity contribution in [2.75, 3.05) is 7.11 Å². The summed E-state index contributed by atoms with van der Waals surface area (Å²) in [5, 5.41) is 0.397. The van der Waals surface area contributed by atoms with Crippen LogP contribution in [-0.4, -0.2) is 7.11 Å². The van der Waals surface area contributed by atoms with Gasteiger partial charge in [-0.05, 0) is 37.0 Å². The molecule has 16 heavy (non-hydrogen) atoms. The number of hydrogen-bond donors (Lipinski definition) is 1. The molecule has 2 N–H and O–H groups in total. The van der Waals surface area contributed by atoms with Gasteiger partial charge in [-0.2, -0.15) is 0 Å². The highest BCUT2D eigenvalue weighted by Gasteiger charge is 2.35. The molecule has 0 amide bonds. The lowest BCUT2D eigenvalue weighted by molar-refractivity contribution is 0.181. The zero-order valence-corrected chi connectivity index (χ0v) is 9.98. The normalized spacial score (nSPS) is 18.2. The number of methoxy groups -OCH3 is 1. The van der Waals surface area contributed by atoms with Crippen molar-refractivity contribution in [3.63, 3.8) is 0 Å². The van der Waals surface area contributed by atoms with Gasteiger partial charge in [0.15, 0.2) is 0 Å². The third-order valence-corrected chi connectivity index (χ3v) is 3.59. The van der Waals surface area contributed by atoms with E-state index in [0.717, 1.165) is 24.8 Å². The van der Waals surface area contributed by atoms with Crippen molar-refractivity contribution >= 4 is 11.6 Å². The Balaban J connectivity index is 2.36. The minimum atomic E-state index is -0.379. The van der Waals surface area contributed by atoms with Crippen LogP contribution in [0.5, 0.6) is 0 Å². The lowest BCUT2D eigenvalue weighted by Crippen LogP contribution is -2.43. The Kier molecular flexibility index (Phi) is 3.19. The van der Waals surface area contributed by atoms with Crippen molar-refractivity contribution < 1.29 is 9.13 Å². The van der Waals surface area contributed by atoms with E-state index in [1.165, 1.54) is 13.2 Å². The van der Waals surface area contributed by atoms with Crippen LogP contribution in [0.3, 0.4) is 0 Å². The molecule has 1 saturated carbocycles. The van der Waals surface area contributed by atoms with Crippen molar-refractivity contribution in [1.82, 2.24) is 0 Å². The number of rotatable bonds is 3. The Bertz CT molecular complexity index is 381. The Labute approximate surface area is 99.5 Å². The lowest BCUT2D eigenvalue weighted by atomic mass is 9.72. The van der Waals surface area contributed by atoms with E-state index in [9.17, 15) is 4.39 Å². The van der Waals surface area contributed by atoms with E-state index in [0.29, 0.717) is 10.6 Å². The Morgan fingerprint density at radius 2 is 2.19 bits per heavy atom. The number of halogens is 2. The number of ether oxygens (including phenoxy) is 1. The van der Waals surface area contributed by atoms with E-state index >= 15 is 0 Å². The minimum Gasteiger partial charge on any atom is -0.380 e. The van der Waals surface area contributed by atoms with Gasteiger partial charge in [-0.15, -0.1) is 0 Å². The van der Waals surface area contributed by atoms with Crippen LogP contribution in [0.1, 0.15) is 30.4 Å². The van der Waals surface area contributed by atoms with Crippen LogP contribution in [0.15, 0.2) is 12.1 Å². The van der Waals surface area contributed by atoms with Crippen molar-refractivity contribution in [3.8, 4) is 0 Å². The van der Waals surface area contributed by atoms with E-state index < -0.39 is 0 Å². The van der Waals surface area contributed by atoms with E-state index in [-0.39, 0.29) is 18.0 Å². The summed E-state index contributed by atoms with van der Waals surface area (Å²) in [6.07, 6.45) is 2.88. The summed E-state index contributed by atoms with van der Waals surface area (Å²) in [5.74, 6) is -0.332. The van der Waals surface area contributed by atoms with Gasteiger partial charge in [0.25, 0.3) is 0 Å². The summed E-state index contributed by atoms with van der Waals surface area (Å²) >= 11 is 6.03. The summed E-state index contributed by atoms with van der Waals surface area (Å²) in [7, 11) is 1.51. The fourth-order valence-electron chi connectivity index (χ4n) is 2.02. The number of nitrogens with two attached hydrogens (primary N) is 1. The Hall–Kier alpha value is -0.640. The molecule has 0 atom stereocenters. The largest absolute Gasteiger partial charge is 0.380 e. The molecule has 1 aliphatic carbocycles. The highest BCUT2D eigenvalue weighted by atomic mass is 35.5. The molecule has 88 valence electrons. The zero-order chi connectivity index (χ0) is 11.8. The van der Waals surface area contributed by atoms with Crippen molar-refractivity contribution in [1.29, 1.82) is 0 Å². The molecular formula is C12H15ClFNO. The second-order valence-electron chi connectivity index (χ2n) is 4.36. The minimum absolute atomic E-state index is 0.183. The van der Waals surface area contributed by atoms with Crippen LogP contribution in [0.2, 0.25) is 5.02 Å². The van der Waals surface area contributed by atoms with E-state index in [4.69, 9.17) is 22.1 Å². The number of benzene rings is 1. The predicted molar refractivity (Wildman–Crippen MR) is 61.8 cm³/mol. The monoisotopic (exact) mass is 243 g/mol. The first-order valence-corrected chi connectivity index (χ1v) is 5.71. The maximum absolute atomic E-state index is 13.8. The van der Waals surface area contributed by atoms with Gasteiger partial charge in [0.05, 0.1) is 6.61 Å². The van der Waals surface area contributed by atoms with Crippen molar-refractivity contribution in [2.24, 2.45) is 5.73 Å². The van der Waals surface area contributed by atoms with Gasteiger partial charge in [0, 0.05) is 23.2 Å². The van der Waals surface area contributed by atoms with Crippen molar-refractivity contribution in [2.45, 2.75) is 31.4 Å². The average molecular weight is 244 g/mol. The fraction of sp³-hybridized carbons (Fsp3) is 0.500. The van der Waals surface area contributed by atoms with Crippen LogP contribution in [0.25, 0.3) is 0 Å². The summed E-state index contributed by atoms with van der Waals surface area (Å²) in [4.78, 5) is 0. The fourth-order valence-corrected chi connectivity index (χ4v) is 2.28. The summed E-state index contributed by atoms with van der Waals surface area (Å²) in [6.45, 7) is 0.183. The molecule has 0 saturated heterocycles. The predicted octanol–water partition coefficient (Wildman–Crippen LogP) is 2.96. The zero-order valence-electron chi connectivity index (χ0n) is 9.22. The molecule has 0 heterocycles. The highest BCUT2D eigenvalue weighted by molar-refractivity contribution is 6.31. The molecule has 2 nitrogen and oxygen atoms in total. The van der Waals surface area contributed by atoms with Crippen LogP contribution in [0.4, 0.5) is 4.39 Å². The maximum Gasteiger partial charge on any atom is 0.130 e. The highest BCUT2D eigenvalue weighted by Crippen LogP contribution is 2.40. The molecule has 0 unspecified atom stereocenters. The van der Waals surface area contributed by atoms with Crippen LogP contribution in [0, 0.1) is 5.82 Å². The summed E-state index contributed by atoms with van der Waals surface area (Å²) in [6, 6.07) is 3.25. The van der Waals surface area contributed by atoms with Gasteiger partial charge in [0.1, 0.15) is 5.82 Å². The molecule has 1 aliphatic rings. The van der Waals surface area contributed by atoms with Crippen molar-refractivity contribution in [3.05, 3.63) is 34.1 Å². The molecule has 0 aromatic heterocycles. The quantitative estimate of drug-likeness (QED) is 0.886. The molecule has 4 heteroatoms. The molecule has 0 aliphatic heterocycles. The maximum atomic E-state index is 13.8. The van der Waals surface area contributed by atoms with Gasteiger partial charge in [-0.3, -0.25) is 0 Å². The van der Waals surface area contributed by atoms with Gasteiger partial charge >= 0.3 is 0 Å². The molecular weight excluding hydrogens is 229 g/mol. The first-order chi connectivity index (χ1) is 7.57. The average Bonchev–Trinajstić information content (AvgIpc) is 2.19. The van der Waals surface area contributed by atoms with Crippen LogP contribution in [-0.2, 0) is 16.9 Å². The molecule has 1 aromatic rings.